The molecule has 0 spiro atoms. The fourth-order valence-electron chi connectivity index (χ4n) is 0.648. The summed E-state index contributed by atoms with van der Waals surface area (Å²) in [7, 11) is 0. The van der Waals surface area contributed by atoms with Crippen molar-refractivity contribution in [2.75, 3.05) is 0 Å². The molecule has 5 heteroatoms. The molecule has 0 fully saturated rings. The number of ether oxygens (including phenoxy) is 1. The van der Waals surface area contributed by atoms with Crippen molar-refractivity contribution in [3.8, 4) is 0 Å². The van der Waals surface area contributed by atoms with Crippen LogP contribution in [0.2, 0.25) is 0 Å². The lowest BCUT2D eigenvalue weighted by Crippen LogP contribution is -2.24. The Kier molecular flexibility index (Phi) is 6.50. The summed E-state index contributed by atoms with van der Waals surface area (Å²) in [6.07, 6.45) is 2.44. The van der Waals surface area contributed by atoms with Crippen LogP contribution in [-0.4, -0.2) is 23.6 Å². The van der Waals surface area contributed by atoms with Crippen LogP contribution in [0.4, 0.5) is 0 Å². The van der Waals surface area contributed by atoms with E-state index < -0.39 is 17.5 Å². The smallest absolute Gasteiger partial charge is 0.366 e. The lowest BCUT2D eigenvalue weighted by atomic mass is 10.1. The molecule has 0 heterocycles. The van der Waals surface area contributed by atoms with Gasteiger partial charge in [0.1, 0.15) is 5.60 Å². The maximum Gasteiger partial charge on any atom is 0.366 e. The fourth-order valence-corrected chi connectivity index (χ4v) is 0.648. The Hall–Kier alpha value is -1.36. The molecule has 0 radical (unpaired) electrons. The summed E-state index contributed by atoms with van der Waals surface area (Å²) in [5.41, 5.74) is -0.540. The highest BCUT2D eigenvalue weighted by Gasteiger charge is 2.18. The summed E-state index contributed by atoms with van der Waals surface area (Å²) in [5, 5.41) is 0. The van der Waals surface area contributed by atoms with Gasteiger partial charge >= 0.3 is 11.9 Å². The molecule has 0 rings (SSSR count). The number of rotatable bonds is 6. The van der Waals surface area contributed by atoms with Gasteiger partial charge in [-0.2, -0.15) is 4.89 Å². The first-order valence-electron chi connectivity index (χ1n) is 5.55. The first-order chi connectivity index (χ1) is 7.76. The van der Waals surface area contributed by atoms with Gasteiger partial charge in [0.05, 0.1) is 6.10 Å². The van der Waals surface area contributed by atoms with Crippen LogP contribution in [0, 0.1) is 0 Å². The van der Waals surface area contributed by atoms with E-state index in [4.69, 9.17) is 9.62 Å². The molecule has 98 valence electrons. The van der Waals surface area contributed by atoms with Gasteiger partial charge in [-0.3, -0.25) is 4.89 Å². The van der Waals surface area contributed by atoms with E-state index >= 15 is 0 Å². The third-order valence-corrected chi connectivity index (χ3v) is 1.91. The largest absolute Gasteiger partial charge is 0.460 e. The van der Waals surface area contributed by atoms with Crippen LogP contribution in [0.3, 0.4) is 0 Å². The summed E-state index contributed by atoms with van der Waals surface area (Å²) in [5.74, 6) is -1.33. The monoisotopic (exact) mass is 244 g/mol. The zero-order valence-electron chi connectivity index (χ0n) is 11.0. The molecule has 0 atom stereocenters. The molecule has 0 saturated carbocycles. The maximum atomic E-state index is 11.2. The zero-order valence-corrected chi connectivity index (χ0v) is 11.0. The normalized spacial score (nSPS) is 11.9. The van der Waals surface area contributed by atoms with Gasteiger partial charge < -0.3 is 4.74 Å². The lowest BCUT2D eigenvalue weighted by Gasteiger charge is -2.19. The van der Waals surface area contributed by atoms with Crippen LogP contribution in [0.15, 0.2) is 12.2 Å². The van der Waals surface area contributed by atoms with Crippen molar-refractivity contribution in [3.05, 3.63) is 12.2 Å². The minimum Gasteiger partial charge on any atom is -0.460 e. The van der Waals surface area contributed by atoms with E-state index in [1.807, 2.05) is 6.92 Å². The molecule has 0 aromatic rings. The van der Waals surface area contributed by atoms with Crippen LogP contribution in [0.25, 0.3) is 0 Å². The maximum absolute atomic E-state index is 11.2. The third kappa shape index (κ3) is 8.45. The van der Waals surface area contributed by atoms with Gasteiger partial charge in [0.25, 0.3) is 0 Å². The molecule has 0 unspecified atom stereocenters. The molecule has 0 N–H and O–H groups in total. The number of hydrogen-bond donors (Lipinski definition) is 0. The molecule has 0 aromatic heterocycles. The van der Waals surface area contributed by atoms with Crippen LogP contribution < -0.4 is 0 Å². The fraction of sp³-hybridized carbons (Fsp3) is 0.667. The van der Waals surface area contributed by atoms with Crippen LogP contribution in [-0.2, 0) is 24.1 Å². The zero-order chi connectivity index (χ0) is 13.5. The SMILES string of the molecule is CCC(C)(C)OOC(=O)C=CC(=O)OC(C)C. The van der Waals surface area contributed by atoms with Crippen molar-refractivity contribution >= 4 is 11.9 Å². The molecule has 0 saturated heterocycles. The third-order valence-electron chi connectivity index (χ3n) is 1.91. The second-order valence-electron chi connectivity index (χ2n) is 4.42. The highest BCUT2D eigenvalue weighted by molar-refractivity contribution is 5.91. The molecule has 17 heavy (non-hydrogen) atoms. The van der Waals surface area contributed by atoms with E-state index in [2.05, 4.69) is 4.89 Å². The average molecular weight is 244 g/mol. The number of hydrogen-bond acceptors (Lipinski definition) is 5. The Morgan fingerprint density at radius 2 is 1.71 bits per heavy atom. The first-order valence-corrected chi connectivity index (χ1v) is 5.55. The quantitative estimate of drug-likeness (QED) is 0.310. The van der Waals surface area contributed by atoms with Crippen LogP contribution >= 0.6 is 0 Å². The van der Waals surface area contributed by atoms with Gasteiger partial charge in [0.15, 0.2) is 0 Å². The number of carbonyl (C=O) groups excluding carboxylic acids is 2. The molecule has 0 aliphatic rings. The standard InChI is InChI=1S/C12H20O5/c1-6-12(4,5)17-16-11(14)8-7-10(13)15-9(2)3/h7-9H,6H2,1-5H3. The molecule has 5 nitrogen and oxygen atoms in total. The predicted molar refractivity (Wildman–Crippen MR) is 61.9 cm³/mol. The highest BCUT2D eigenvalue weighted by atomic mass is 17.2. The van der Waals surface area contributed by atoms with E-state index in [-0.39, 0.29) is 6.10 Å². The second-order valence-corrected chi connectivity index (χ2v) is 4.42. The Labute approximate surface area is 102 Å². The van der Waals surface area contributed by atoms with Crippen molar-refractivity contribution in [1.82, 2.24) is 0 Å². The lowest BCUT2D eigenvalue weighted by molar-refractivity contribution is -0.321. The van der Waals surface area contributed by atoms with Gasteiger partial charge in [-0.1, -0.05) is 6.92 Å². The molecule has 0 bridgehead atoms. The topological polar surface area (TPSA) is 61.8 Å². The van der Waals surface area contributed by atoms with Crippen LogP contribution in [0.1, 0.15) is 41.0 Å². The summed E-state index contributed by atoms with van der Waals surface area (Å²) in [4.78, 5) is 31.6. The van der Waals surface area contributed by atoms with E-state index in [1.165, 1.54) is 0 Å². The van der Waals surface area contributed by atoms with Crippen molar-refractivity contribution in [1.29, 1.82) is 0 Å². The Morgan fingerprint density at radius 3 is 2.18 bits per heavy atom. The van der Waals surface area contributed by atoms with Gasteiger partial charge in [0.2, 0.25) is 0 Å². The molecule has 0 aromatic carbocycles. The first kappa shape index (κ1) is 15.6. The Balaban J connectivity index is 4.02. The second kappa shape index (κ2) is 7.06. The average Bonchev–Trinajstić information content (AvgIpc) is 2.23. The van der Waals surface area contributed by atoms with Gasteiger partial charge in [-0.05, 0) is 34.1 Å². The highest BCUT2D eigenvalue weighted by Crippen LogP contribution is 2.13. The summed E-state index contributed by atoms with van der Waals surface area (Å²) in [6.45, 7) is 8.92. The van der Waals surface area contributed by atoms with Gasteiger partial charge in [-0.25, -0.2) is 9.59 Å². The number of esters is 1. The van der Waals surface area contributed by atoms with E-state index in [1.54, 1.807) is 27.7 Å². The molecule has 0 aliphatic carbocycles. The van der Waals surface area contributed by atoms with Crippen molar-refractivity contribution in [3.63, 3.8) is 0 Å². The minimum atomic E-state index is -0.743. The molecule has 0 aliphatic heterocycles. The van der Waals surface area contributed by atoms with Crippen molar-refractivity contribution in [2.24, 2.45) is 0 Å². The van der Waals surface area contributed by atoms with E-state index in [9.17, 15) is 9.59 Å². The molecular formula is C12H20O5. The Morgan fingerprint density at radius 1 is 1.18 bits per heavy atom. The predicted octanol–water partition coefficient (Wildman–Crippen LogP) is 2.16. The van der Waals surface area contributed by atoms with E-state index in [0.29, 0.717) is 6.42 Å². The number of carbonyl (C=O) groups is 2. The van der Waals surface area contributed by atoms with Crippen LogP contribution in [0.5, 0.6) is 0 Å². The summed E-state index contributed by atoms with van der Waals surface area (Å²) in [6, 6.07) is 0. The van der Waals surface area contributed by atoms with Gasteiger partial charge in [0, 0.05) is 12.2 Å². The minimum absolute atomic E-state index is 0.224. The summed E-state index contributed by atoms with van der Waals surface area (Å²) >= 11 is 0. The molecular weight excluding hydrogens is 224 g/mol. The molecule has 0 amide bonds. The Bertz CT molecular complexity index is 291. The van der Waals surface area contributed by atoms with Crippen molar-refractivity contribution < 1.29 is 24.1 Å². The van der Waals surface area contributed by atoms with Gasteiger partial charge in [-0.15, -0.1) is 0 Å². The van der Waals surface area contributed by atoms with E-state index in [0.717, 1.165) is 12.2 Å². The van der Waals surface area contributed by atoms with Crippen molar-refractivity contribution in [2.45, 2.75) is 52.7 Å². The summed E-state index contributed by atoms with van der Waals surface area (Å²) < 4.78 is 4.79.